The molecule has 0 radical (unpaired) electrons. The molecule has 0 aliphatic heterocycles. The lowest BCUT2D eigenvalue weighted by Crippen LogP contribution is -2.15. The van der Waals surface area contributed by atoms with Gasteiger partial charge in [-0.15, -0.1) is 0 Å². The molecule has 0 saturated carbocycles. The average molecular weight is 297 g/mol. The molecule has 4 heteroatoms. The first-order chi connectivity index (χ1) is 9.75. The number of hydrogen-bond donors (Lipinski definition) is 0. The highest BCUT2D eigenvalue weighted by Gasteiger charge is 2.25. The molecule has 2 aromatic carbocycles. The van der Waals surface area contributed by atoms with Crippen LogP contribution in [0.2, 0.25) is 0 Å². The average Bonchev–Trinajstić information content (AvgIpc) is 2.54. The Morgan fingerprint density at radius 2 is 1.60 bits per heavy atom. The molecule has 1 unspecified atom stereocenters. The predicted octanol–water partition coefficient (Wildman–Crippen LogP) is 3.61. The zero-order valence-corrected chi connectivity index (χ0v) is 12.6. The number of nitrogens with zero attached hydrogens (tertiary/aromatic N) is 2. The molecular weight excluding hydrogens is 284 g/mol. The van der Waals surface area contributed by atoms with E-state index in [-0.39, 0.29) is 10.9 Å². The molecule has 0 aliphatic rings. The Bertz CT molecular complexity index is 757. The summed E-state index contributed by atoms with van der Waals surface area (Å²) in [5.74, 6) is 0. The van der Waals surface area contributed by atoms with E-state index in [1.807, 2.05) is 42.5 Å². The first-order valence-corrected chi connectivity index (χ1v) is 8.27. The van der Waals surface area contributed by atoms with Crippen LogP contribution in [0, 0.1) is 0 Å². The summed E-state index contributed by atoms with van der Waals surface area (Å²) in [6, 6.07) is 18.1. The Labute approximate surface area is 126 Å². The van der Waals surface area contributed by atoms with Gasteiger partial charge in [-0.3, -0.25) is 4.98 Å². The van der Waals surface area contributed by atoms with Crippen molar-refractivity contribution in [3.8, 4) is 0 Å². The fraction of sp³-hybridized carbons (Fsp3) is 0.0625. The summed E-state index contributed by atoms with van der Waals surface area (Å²) in [4.78, 5) is 10.3. The Kier molecular flexibility index (Phi) is 3.76. The van der Waals surface area contributed by atoms with Crippen molar-refractivity contribution in [3.63, 3.8) is 0 Å². The lowest BCUT2D eigenvalue weighted by molar-refractivity contribution is 1.28. The van der Waals surface area contributed by atoms with Crippen molar-refractivity contribution in [2.45, 2.75) is 4.90 Å². The van der Waals surface area contributed by atoms with Gasteiger partial charge in [-0.25, -0.2) is 4.98 Å². The van der Waals surface area contributed by atoms with E-state index in [0.717, 1.165) is 20.9 Å². The van der Waals surface area contributed by atoms with Crippen LogP contribution in [0.5, 0.6) is 0 Å². The highest BCUT2D eigenvalue weighted by Crippen LogP contribution is 2.18. The molecule has 0 saturated heterocycles. The monoisotopic (exact) mass is 297 g/mol. The third kappa shape index (κ3) is 2.57. The van der Waals surface area contributed by atoms with Crippen LogP contribution in [0.3, 0.4) is 0 Å². The van der Waals surface area contributed by atoms with Gasteiger partial charge in [-0.1, -0.05) is 30.3 Å². The standard InChI is InChI=1S/C16H13N2S2/c1-20(12-7-3-2-4-8-12)16(19)15-11-17-13-9-5-6-10-14(13)18-15/h2-11H,1H3/q+1. The fourth-order valence-electron chi connectivity index (χ4n) is 1.94. The molecule has 1 aromatic heterocycles. The van der Waals surface area contributed by atoms with Crippen LogP contribution in [0.15, 0.2) is 65.7 Å². The van der Waals surface area contributed by atoms with Gasteiger partial charge in [0.05, 0.1) is 28.1 Å². The highest BCUT2D eigenvalue weighted by atomic mass is 32.2. The summed E-state index contributed by atoms with van der Waals surface area (Å²) < 4.78 is 0.856. The first kappa shape index (κ1) is 13.2. The molecule has 0 aliphatic carbocycles. The quantitative estimate of drug-likeness (QED) is 0.534. The van der Waals surface area contributed by atoms with Crippen LogP contribution in [0.25, 0.3) is 11.0 Å². The molecule has 20 heavy (non-hydrogen) atoms. The second-order valence-corrected chi connectivity index (χ2v) is 6.92. The van der Waals surface area contributed by atoms with Crippen LogP contribution >= 0.6 is 12.2 Å². The highest BCUT2D eigenvalue weighted by molar-refractivity contribution is 8.21. The molecule has 0 N–H and O–H groups in total. The van der Waals surface area contributed by atoms with Crippen LogP contribution in [-0.4, -0.2) is 20.4 Å². The SMILES string of the molecule is C[S+](C(=S)c1cnc2ccccc2n1)c1ccccc1. The van der Waals surface area contributed by atoms with E-state index in [0.29, 0.717) is 0 Å². The fourth-order valence-corrected chi connectivity index (χ4v) is 3.52. The Morgan fingerprint density at radius 3 is 2.35 bits per heavy atom. The molecule has 0 spiro atoms. The number of rotatable bonds is 2. The zero-order chi connectivity index (χ0) is 13.9. The van der Waals surface area contributed by atoms with Crippen molar-refractivity contribution in [1.82, 2.24) is 9.97 Å². The second kappa shape index (κ2) is 5.69. The van der Waals surface area contributed by atoms with Crippen LogP contribution in [0.4, 0.5) is 0 Å². The van der Waals surface area contributed by atoms with Gasteiger partial charge in [-0.05, 0) is 36.5 Å². The minimum atomic E-state index is -0.143. The summed E-state index contributed by atoms with van der Waals surface area (Å²) in [7, 11) is -0.143. The molecule has 0 fully saturated rings. The number of thiocarbonyl (C=S) groups is 1. The van der Waals surface area contributed by atoms with E-state index in [2.05, 4.69) is 28.4 Å². The molecular formula is C16H13N2S2+. The number of benzene rings is 2. The molecule has 1 heterocycles. The van der Waals surface area contributed by atoms with E-state index in [9.17, 15) is 0 Å². The van der Waals surface area contributed by atoms with E-state index in [4.69, 9.17) is 12.2 Å². The molecule has 0 bridgehead atoms. The third-order valence-electron chi connectivity index (χ3n) is 3.03. The van der Waals surface area contributed by atoms with E-state index in [1.54, 1.807) is 6.20 Å². The molecule has 3 aromatic rings. The number of para-hydroxylation sites is 2. The van der Waals surface area contributed by atoms with Gasteiger partial charge in [-0.2, -0.15) is 0 Å². The molecule has 2 nitrogen and oxygen atoms in total. The van der Waals surface area contributed by atoms with Crippen molar-refractivity contribution in [1.29, 1.82) is 0 Å². The molecule has 0 amide bonds. The largest absolute Gasteiger partial charge is 0.252 e. The Balaban J connectivity index is 1.96. The maximum absolute atomic E-state index is 5.60. The summed E-state index contributed by atoms with van der Waals surface area (Å²) in [6.45, 7) is 0. The second-order valence-electron chi connectivity index (χ2n) is 4.35. The summed E-state index contributed by atoms with van der Waals surface area (Å²) in [5.41, 5.74) is 2.58. The third-order valence-corrected chi connectivity index (χ3v) is 5.74. The van der Waals surface area contributed by atoms with Crippen molar-refractivity contribution in [2.24, 2.45) is 0 Å². The Morgan fingerprint density at radius 1 is 0.950 bits per heavy atom. The van der Waals surface area contributed by atoms with E-state index >= 15 is 0 Å². The number of fused-ring (bicyclic) bond motifs is 1. The van der Waals surface area contributed by atoms with Crippen LogP contribution < -0.4 is 0 Å². The summed E-state index contributed by atoms with van der Waals surface area (Å²) >= 11 is 5.60. The number of aromatic nitrogens is 2. The van der Waals surface area contributed by atoms with Crippen molar-refractivity contribution in [2.75, 3.05) is 6.26 Å². The van der Waals surface area contributed by atoms with Crippen molar-refractivity contribution in [3.05, 3.63) is 66.5 Å². The first-order valence-electron chi connectivity index (χ1n) is 6.23. The lowest BCUT2D eigenvalue weighted by atomic mass is 10.3. The molecule has 1 atom stereocenters. The molecule has 3 rings (SSSR count). The summed E-state index contributed by atoms with van der Waals surface area (Å²) in [6.07, 6.45) is 3.91. The number of hydrogen-bond acceptors (Lipinski definition) is 3. The minimum Gasteiger partial charge on any atom is -0.252 e. The van der Waals surface area contributed by atoms with Crippen molar-refractivity contribution < 1.29 is 0 Å². The van der Waals surface area contributed by atoms with E-state index < -0.39 is 0 Å². The maximum atomic E-state index is 5.60. The summed E-state index contributed by atoms with van der Waals surface area (Å²) in [5, 5.41) is 0. The zero-order valence-electron chi connectivity index (χ0n) is 11.0. The topological polar surface area (TPSA) is 25.8 Å². The Hall–Kier alpha value is -1.78. The van der Waals surface area contributed by atoms with Gasteiger partial charge >= 0.3 is 0 Å². The van der Waals surface area contributed by atoms with Crippen molar-refractivity contribution >= 4 is 38.3 Å². The maximum Gasteiger partial charge on any atom is 0.251 e. The lowest BCUT2D eigenvalue weighted by Gasteiger charge is -2.04. The smallest absolute Gasteiger partial charge is 0.251 e. The van der Waals surface area contributed by atoms with Gasteiger partial charge in [0.25, 0.3) is 4.20 Å². The van der Waals surface area contributed by atoms with Crippen LogP contribution in [-0.2, 0) is 10.9 Å². The normalized spacial score (nSPS) is 12.2. The van der Waals surface area contributed by atoms with Gasteiger partial charge in [0, 0.05) is 0 Å². The van der Waals surface area contributed by atoms with Gasteiger partial charge in [0.15, 0.2) is 4.90 Å². The minimum absolute atomic E-state index is 0.143. The van der Waals surface area contributed by atoms with Gasteiger partial charge in [0.2, 0.25) is 0 Å². The predicted molar refractivity (Wildman–Crippen MR) is 89.2 cm³/mol. The van der Waals surface area contributed by atoms with Gasteiger partial charge < -0.3 is 0 Å². The molecule has 98 valence electrons. The van der Waals surface area contributed by atoms with Crippen LogP contribution in [0.1, 0.15) is 5.69 Å². The van der Waals surface area contributed by atoms with Gasteiger partial charge in [0.1, 0.15) is 11.9 Å². The van der Waals surface area contributed by atoms with E-state index in [1.165, 1.54) is 4.90 Å².